The number of allylic oxidation sites excluding steroid dienone is 2. The molecule has 0 bridgehead atoms. The molecule has 0 spiro atoms. The van der Waals surface area contributed by atoms with Crippen LogP contribution in [0.3, 0.4) is 0 Å². The number of nitriles is 1. The van der Waals surface area contributed by atoms with Gasteiger partial charge in [-0.3, -0.25) is 0 Å². The van der Waals surface area contributed by atoms with E-state index in [1.165, 1.54) is 44.1 Å². The molecule has 0 amide bonds. The van der Waals surface area contributed by atoms with Crippen molar-refractivity contribution in [2.24, 2.45) is 5.92 Å². The number of hydrogen-bond acceptors (Lipinski definition) is 1. The largest absolute Gasteiger partial charge is 0.192 e. The topological polar surface area (TPSA) is 23.8 Å². The molecular weight excluding hydrogens is 230 g/mol. The van der Waals surface area contributed by atoms with Crippen molar-refractivity contribution in [3.05, 3.63) is 47.5 Å². The molecule has 0 aliphatic heterocycles. The van der Waals surface area contributed by atoms with E-state index in [1.807, 2.05) is 12.1 Å². The quantitative estimate of drug-likeness (QED) is 0.677. The molecule has 0 heterocycles. The maximum atomic E-state index is 8.82. The Morgan fingerprint density at radius 3 is 2.42 bits per heavy atom. The van der Waals surface area contributed by atoms with Gasteiger partial charge in [0, 0.05) is 0 Å². The predicted octanol–water partition coefficient (Wildman–Crippen LogP) is 5.19. The summed E-state index contributed by atoms with van der Waals surface area (Å²) in [7, 11) is 0. The first-order chi connectivity index (χ1) is 9.33. The number of nitrogens with zero attached hydrogens (tertiary/aromatic N) is 1. The Morgan fingerprint density at radius 1 is 1.16 bits per heavy atom. The van der Waals surface area contributed by atoms with Gasteiger partial charge in [0.05, 0.1) is 11.6 Å². The maximum absolute atomic E-state index is 8.82. The number of rotatable bonds is 4. The first-order valence-corrected chi connectivity index (χ1v) is 7.44. The lowest BCUT2D eigenvalue weighted by atomic mass is 9.77. The van der Waals surface area contributed by atoms with Crippen molar-refractivity contribution in [3.63, 3.8) is 0 Å². The molecule has 1 aromatic rings. The van der Waals surface area contributed by atoms with Crippen molar-refractivity contribution in [3.8, 4) is 6.07 Å². The summed E-state index contributed by atoms with van der Waals surface area (Å²) in [6.45, 7) is 2.10. The molecule has 1 aromatic carbocycles. The van der Waals surface area contributed by atoms with Crippen molar-refractivity contribution in [2.75, 3.05) is 0 Å². The van der Waals surface area contributed by atoms with Crippen LogP contribution in [0.2, 0.25) is 0 Å². The molecule has 1 saturated carbocycles. The Hall–Kier alpha value is -1.55. The summed E-state index contributed by atoms with van der Waals surface area (Å²) >= 11 is 0. The van der Waals surface area contributed by atoms with Gasteiger partial charge in [-0.25, -0.2) is 0 Å². The fourth-order valence-corrected chi connectivity index (χ4v) is 3.11. The molecule has 0 N–H and O–H groups in total. The van der Waals surface area contributed by atoms with Gasteiger partial charge < -0.3 is 0 Å². The third-order valence-electron chi connectivity index (χ3n) is 4.34. The summed E-state index contributed by atoms with van der Waals surface area (Å²) in [5.41, 5.74) is 2.19. The number of hydrogen-bond donors (Lipinski definition) is 0. The van der Waals surface area contributed by atoms with E-state index in [-0.39, 0.29) is 0 Å². The molecule has 100 valence electrons. The molecule has 19 heavy (non-hydrogen) atoms. The Kier molecular flexibility index (Phi) is 5.21. The van der Waals surface area contributed by atoms with Crippen LogP contribution in [0, 0.1) is 17.2 Å². The normalized spacial score (nSPS) is 23.4. The molecule has 0 radical (unpaired) electrons. The van der Waals surface area contributed by atoms with Gasteiger partial charge in [0.1, 0.15) is 0 Å². The summed E-state index contributed by atoms with van der Waals surface area (Å²) in [5.74, 6) is 1.64. The van der Waals surface area contributed by atoms with Crippen LogP contribution >= 0.6 is 0 Å². The van der Waals surface area contributed by atoms with Gasteiger partial charge >= 0.3 is 0 Å². The molecule has 2 rings (SSSR count). The average Bonchev–Trinajstić information content (AvgIpc) is 2.48. The second-order valence-corrected chi connectivity index (χ2v) is 5.60. The summed E-state index contributed by atoms with van der Waals surface area (Å²) < 4.78 is 0. The van der Waals surface area contributed by atoms with E-state index in [0.29, 0.717) is 5.92 Å². The number of benzene rings is 1. The average molecular weight is 253 g/mol. The Balaban J connectivity index is 1.83. The molecule has 1 aliphatic rings. The molecule has 1 fully saturated rings. The van der Waals surface area contributed by atoms with Crippen LogP contribution in [-0.4, -0.2) is 0 Å². The third kappa shape index (κ3) is 3.96. The highest BCUT2D eigenvalue weighted by Gasteiger charge is 2.21. The minimum absolute atomic E-state index is 0.714. The zero-order valence-electron chi connectivity index (χ0n) is 11.8. The highest BCUT2D eigenvalue weighted by Crippen LogP contribution is 2.37. The van der Waals surface area contributed by atoms with Crippen LogP contribution in [0.5, 0.6) is 0 Å². The lowest BCUT2D eigenvalue weighted by Crippen LogP contribution is -2.13. The molecule has 0 aromatic heterocycles. The molecule has 0 saturated heterocycles. The van der Waals surface area contributed by atoms with Crippen LogP contribution in [0.25, 0.3) is 0 Å². The summed E-state index contributed by atoms with van der Waals surface area (Å²) in [4.78, 5) is 0. The van der Waals surface area contributed by atoms with Crippen LogP contribution in [0.15, 0.2) is 36.4 Å². The van der Waals surface area contributed by atoms with Crippen molar-refractivity contribution >= 4 is 0 Å². The van der Waals surface area contributed by atoms with Crippen LogP contribution in [0.4, 0.5) is 0 Å². The van der Waals surface area contributed by atoms with E-state index in [1.54, 1.807) is 0 Å². The van der Waals surface area contributed by atoms with Crippen molar-refractivity contribution < 1.29 is 0 Å². The Morgan fingerprint density at radius 2 is 1.84 bits per heavy atom. The lowest BCUT2D eigenvalue weighted by Gasteiger charge is -2.28. The Bertz CT molecular complexity index is 442. The molecule has 1 aliphatic carbocycles. The first kappa shape index (κ1) is 13.9. The minimum Gasteiger partial charge on any atom is -0.192 e. The summed E-state index contributed by atoms with van der Waals surface area (Å²) in [5, 5.41) is 8.82. The van der Waals surface area contributed by atoms with Crippen molar-refractivity contribution in [2.45, 2.75) is 51.4 Å². The monoisotopic (exact) mass is 253 g/mol. The summed E-state index contributed by atoms with van der Waals surface area (Å²) in [6, 6.07) is 10.4. The van der Waals surface area contributed by atoms with E-state index in [0.717, 1.165) is 11.5 Å². The summed E-state index contributed by atoms with van der Waals surface area (Å²) in [6.07, 6.45) is 12.4. The van der Waals surface area contributed by atoms with Gasteiger partial charge in [-0.05, 0) is 75.0 Å². The predicted molar refractivity (Wildman–Crippen MR) is 79.9 cm³/mol. The third-order valence-corrected chi connectivity index (χ3v) is 4.34. The smallest absolute Gasteiger partial charge is 0.0991 e. The van der Waals surface area contributed by atoms with Crippen LogP contribution in [0.1, 0.15) is 62.5 Å². The zero-order valence-corrected chi connectivity index (χ0v) is 11.8. The van der Waals surface area contributed by atoms with E-state index in [4.69, 9.17) is 5.26 Å². The van der Waals surface area contributed by atoms with E-state index < -0.39 is 0 Å². The molecule has 0 unspecified atom stereocenters. The van der Waals surface area contributed by atoms with Gasteiger partial charge in [-0.15, -0.1) is 0 Å². The highest BCUT2D eigenvalue weighted by atomic mass is 14.3. The fraction of sp³-hybridized carbons (Fsp3) is 0.500. The minimum atomic E-state index is 0.714. The second-order valence-electron chi connectivity index (χ2n) is 5.60. The SMILES string of the molecule is C/C=C/CCC1CCC(c2ccc(C#N)cc2)CC1. The Labute approximate surface area is 117 Å². The van der Waals surface area contributed by atoms with Crippen LogP contribution in [-0.2, 0) is 0 Å². The van der Waals surface area contributed by atoms with Gasteiger partial charge in [0.25, 0.3) is 0 Å². The zero-order chi connectivity index (χ0) is 13.5. The molecule has 0 atom stereocenters. The van der Waals surface area contributed by atoms with Gasteiger partial charge in [0.15, 0.2) is 0 Å². The van der Waals surface area contributed by atoms with E-state index in [2.05, 4.69) is 37.3 Å². The van der Waals surface area contributed by atoms with Gasteiger partial charge in [-0.1, -0.05) is 24.3 Å². The second kappa shape index (κ2) is 7.14. The van der Waals surface area contributed by atoms with E-state index in [9.17, 15) is 0 Å². The van der Waals surface area contributed by atoms with Crippen LogP contribution < -0.4 is 0 Å². The lowest BCUT2D eigenvalue weighted by molar-refractivity contribution is 0.312. The van der Waals surface area contributed by atoms with Crippen molar-refractivity contribution in [1.82, 2.24) is 0 Å². The van der Waals surface area contributed by atoms with Gasteiger partial charge in [-0.2, -0.15) is 5.26 Å². The maximum Gasteiger partial charge on any atom is 0.0991 e. The molecule has 1 nitrogen and oxygen atoms in total. The van der Waals surface area contributed by atoms with Gasteiger partial charge in [0.2, 0.25) is 0 Å². The van der Waals surface area contributed by atoms with E-state index >= 15 is 0 Å². The standard InChI is InChI=1S/C18H23N/c1-2-3-4-5-15-6-10-17(11-7-15)18-12-8-16(14-19)9-13-18/h2-3,8-9,12-13,15,17H,4-7,10-11H2,1H3/b3-2+. The fourth-order valence-electron chi connectivity index (χ4n) is 3.11. The first-order valence-electron chi connectivity index (χ1n) is 7.44. The van der Waals surface area contributed by atoms with Crippen molar-refractivity contribution in [1.29, 1.82) is 5.26 Å². The molecular formula is C18H23N. The highest BCUT2D eigenvalue weighted by molar-refractivity contribution is 5.33. The molecule has 1 heteroatoms.